The largest absolute Gasteiger partial charge is 0.356 e. The maximum absolute atomic E-state index is 4.69. The maximum Gasteiger partial charge on any atom is 0.150 e. The first kappa shape index (κ1) is 16.5. The zero-order chi connectivity index (χ0) is 18.2. The van der Waals surface area contributed by atoms with Crippen molar-refractivity contribution in [3.05, 3.63) is 71.6 Å². The van der Waals surface area contributed by atoms with Crippen LogP contribution in [0.3, 0.4) is 0 Å². The Morgan fingerprint density at radius 3 is 2.33 bits per heavy atom. The molecule has 0 spiro atoms. The first-order valence-electron chi connectivity index (χ1n) is 9.23. The van der Waals surface area contributed by atoms with Crippen LogP contribution in [0.1, 0.15) is 12.8 Å². The van der Waals surface area contributed by atoms with E-state index in [1.54, 1.807) is 6.33 Å². The Balaban J connectivity index is 1.80. The van der Waals surface area contributed by atoms with E-state index in [-0.39, 0.29) is 0 Å². The molecule has 1 fully saturated rings. The molecule has 1 aliphatic rings. The second-order valence-electron chi connectivity index (χ2n) is 6.85. The third kappa shape index (κ3) is 2.92. The fourth-order valence-corrected chi connectivity index (χ4v) is 4.11. The highest BCUT2D eigenvalue weighted by Crippen LogP contribution is 2.37. The van der Waals surface area contributed by atoms with Gasteiger partial charge in [-0.25, -0.2) is 9.97 Å². The smallest absolute Gasteiger partial charge is 0.150 e. The van der Waals surface area contributed by atoms with E-state index >= 15 is 0 Å². The van der Waals surface area contributed by atoms with Crippen LogP contribution in [0.15, 0.2) is 71.6 Å². The first-order valence-corrected chi connectivity index (χ1v) is 10.0. The number of halogens is 1. The van der Waals surface area contributed by atoms with Crippen LogP contribution >= 0.6 is 15.9 Å². The molecule has 0 saturated carbocycles. The molecule has 0 atom stereocenters. The van der Waals surface area contributed by atoms with Crippen LogP contribution in [0.25, 0.3) is 27.8 Å². The molecule has 4 nitrogen and oxygen atoms in total. The van der Waals surface area contributed by atoms with Crippen LogP contribution in [-0.2, 0) is 0 Å². The van der Waals surface area contributed by atoms with Crippen LogP contribution in [-0.4, -0.2) is 27.6 Å². The summed E-state index contributed by atoms with van der Waals surface area (Å²) < 4.78 is 3.24. The van der Waals surface area contributed by atoms with Gasteiger partial charge >= 0.3 is 0 Å². The van der Waals surface area contributed by atoms with Crippen molar-refractivity contribution >= 4 is 32.8 Å². The third-order valence-electron chi connectivity index (χ3n) is 5.16. The molecule has 0 unspecified atom stereocenters. The Bertz CT molecular complexity index is 1080. The summed E-state index contributed by atoms with van der Waals surface area (Å²) in [7, 11) is 0. The summed E-state index contributed by atoms with van der Waals surface area (Å²) in [6.07, 6.45) is 6.33. The second-order valence-corrected chi connectivity index (χ2v) is 7.76. The van der Waals surface area contributed by atoms with Gasteiger partial charge in [0.1, 0.15) is 12.1 Å². The summed E-state index contributed by atoms with van der Waals surface area (Å²) in [6.45, 7) is 2.12. The number of aromatic nitrogens is 3. The highest BCUT2D eigenvalue weighted by atomic mass is 79.9. The van der Waals surface area contributed by atoms with Gasteiger partial charge in [0, 0.05) is 35.0 Å². The molecular weight excluding hydrogens is 400 g/mol. The molecule has 1 aliphatic heterocycles. The van der Waals surface area contributed by atoms with E-state index < -0.39 is 0 Å². The molecule has 0 aliphatic carbocycles. The predicted octanol–water partition coefficient (Wildman–Crippen LogP) is 5.45. The van der Waals surface area contributed by atoms with Gasteiger partial charge < -0.3 is 9.47 Å². The quantitative estimate of drug-likeness (QED) is 0.443. The van der Waals surface area contributed by atoms with Crippen molar-refractivity contribution in [3.63, 3.8) is 0 Å². The van der Waals surface area contributed by atoms with Gasteiger partial charge in [0.2, 0.25) is 0 Å². The molecular formula is C22H19BrN4. The Labute approximate surface area is 166 Å². The zero-order valence-corrected chi connectivity index (χ0v) is 16.4. The van der Waals surface area contributed by atoms with E-state index in [2.05, 4.69) is 91.2 Å². The van der Waals surface area contributed by atoms with Gasteiger partial charge in [0.15, 0.2) is 5.65 Å². The monoisotopic (exact) mass is 418 g/mol. The summed E-state index contributed by atoms with van der Waals surface area (Å²) in [4.78, 5) is 11.8. The van der Waals surface area contributed by atoms with Crippen molar-refractivity contribution in [1.29, 1.82) is 0 Å². The lowest BCUT2D eigenvalue weighted by Gasteiger charge is -2.17. The van der Waals surface area contributed by atoms with Crippen LogP contribution in [0.5, 0.6) is 0 Å². The summed E-state index contributed by atoms with van der Waals surface area (Å²) in [6, 6.07) is 18.9. The van der Waals surface area contributed by atoms with Crippen molar-refractivity contribution in [1.82, 2.24) is 14.5 Å². The molecule has 0 N–H and O–H groups in total. The number of anilines is 1. The summed E-state index contributed by atoms with van der Waals surface area (Å²) in [5.74, 6) is 1.05. The van der Waals surface area contributed by atoms with E-state index in [4.69, 9.17) is 4.98 Å². The summed E-state index contributed by atoms with van der Waals surface area (Å²) in [5.41, 5.74) is 4.41. The van der Waals surface area contributed by atoms with Crippen molar-refractivity contribution in [2.75, 3.05) is 18.0 Å². The minimum absolute atomic E-state index is 0.952. The minimum atomic E-state index is 0.952. The van der Waals surface area contributed by atoms with E-state index in [1.807, 2.05) is 0 Å². The van der Waals surface area contributed by atoms with Crippen molar-refractivity contribution < 1.29 is 0 Å². The fraction of sp³-hybridized carbons (Fsp3) is 0.182. The lowest BCUT2D eigenvalue weighted by atomic mass is 10.1. The normalized spacial score (nSPS) is 14.2. The SMILES string of the molecule is Brc1ccc(-n2cc(-c3ccccc3)c3c(N4CCCC4)ncnc32)cc1. The number of hydrogen-bond acceptors (Lipinski definition) is 3. The summed E-state index contributed by atoms with van der Waals surface area (Å²) in [5, 5.41) is 1.13. The maximum atomic E-state index is 4.69. The Morgan fingerprint density at radius 1 is 0.852 bits per heavy atom. The third-order valence-corrected chi connectivity index (χ3v) is 5.69. The lowest BCUT2D eigenvalue weighted by Crippen LogP contribution is -2.19. The fourth-order valence-electron chi connectivity index (χ4n) is 3.85. The van der Waals surface area contributed by atoms with Gasteiger partial charge in [-0.3, -0.25) is 0 Å². The van der Waals surface area contributed by atoms with Crippen LogP contribution in [0.2, 0.25) is 0 Å². The molecule has 1 saturated heterocycles. The number of nitrogens with zero attached hydrogens (tertiary/aromatic N) is 4. The second kappa shape index (κ2) is 6.82. The van der Waals surface area contributed by atoms with Crippen LogP contribution < -0.4 is 4.90 Å². The topological polar surface area (TPSA) is 34.0 Å². The van der Waals surface area contributed by atoms with Crippen LogP contribution in [0.4, 0.5) is 5.82 Å². The van der Waals surface area contributed by atoms with E-state index in [1.165, 1.54) is 24.0 Å². The van der Waals surface area contributed by atoms with E-state index in [9.17, 15) is 0 Å². The molecule has 4 aromatic rings. The van der Waals surface area contributed by atoms with Crippen LogP contribution in [0, 0.1) is 0 Å². The van der Waals surface area contributed by atoms with E-state index in [0.29, 0.717) is 0 Å². The number of fused-ring (bicyclic) bond motifs is 1. The first-order chi connectivity index (χ1) is 13.3. The van der Waals surface area contributed by atoms with Gasteiger partial charge in [0.05, 0.1) is 5.39 Å². The highest BCUT2D eigenvalue weighted by Gasteiger charge is 2.22. The van der Waals surface area contributed by atoms with Gasteiger partial charge in [-0.2, -0.15) is 0 Å². The van der Waals surface area contributed by atoms with Crippen molar-refractivity contribution in [3.8, 4) is 16.8 Å². The molecule has 2 aromatic heterocycles. The Morgan fingerprint density at radius 2 is 1.59 bits per heavy atom. The molecule has 5 heteroatoms. The van der Waals surface area contributed by atoms with E-state index in [0.717, 1.165) is 40.1 Å². The molecule has 27 heavy (non-hydrogen) atoms. The zero-order valence-electron chi connectivity index (χ0n) is 14.8. The lowest BCUT2D eigenvalue weighted by molar-refractivity contribution is 0.937. The molecule has 0 amide bonds. The molecule has 2 aromatic carbocycles. The van der Waals surface area contributed by atoms with Gasteiger partial charge in [-0.05, 0) is 42.7 Å². The molecule has 3 heterocycles. The van der Waals surface area contributed by atoms with Crippen molar-refractivity contribution in [2.24, 2.45) is 0 Å². The molecule has 5 rings (SSSR count). The van der Waals surface area contributed by atoms with Gasteiger partial charge in [-0.15, -0.1) is 0 Å². The predicted molar refractivity (Wildman–Crippen MR) is 113 cm³/mol. The molecule has 134 valence electrons. The molecule has 0 bridgehead atoms. The average Bonchev–Trinajstić information content (AvgIpc) is 3.37. The average molecular weight is 419 g/mol. The van der Waals surface area contributed by atoms with Gasteiger partial charge in [-0.1, -0.05) is 46.3 Å². The van der Waals surface area contributed by atoms with Crippen molar-refractivity contribution in [2.45, 2.75) is 12.8 Å². The Hall–Kier alpha value is -2.66. The standard InChI is InChI=1S/C22H19BrN4/c23-17-8-10-18(11-9-17)27-14-19(16-6-2-1-3-7-16)20-21(24-15-25-22(20)27)26-12-4-5-13-26/h1-3,6-11,14-15H,4-5,12-13H2. The highest BCUT2D eigenvalue weighted by molar-refractivity contribution is 9.10. The van der Waals surface area contributed by atoms with Gasteiger partial charge in [0.25, 0.3) is 0 Å². The summed E-state index contributed by atoms with van der Waals surface area (Å²) >= 11 is 3.52. The Kier molecular flexibility index (Phi) is 4.17. The number of benzene rings is 2. The minimum Gasteiger partial charge on any atom is -0.356 e. The molecule has 0 radical (unpaired) electrons. The number of rotatable bonds is 3. The number of hydrogen-bond donors (Lipinski definition) is 0.